The molecule has 2 aliphatic carbocycles. The number of carbonyl (C=O) groups is 1. The summed E-state index contributed by atoms with van der Waals surface area (Å²) >= 11 is 0. The minimum atomic E-state index is -0.0596. The van der Waals surface area contributed by atoms with Crippen molar-refractivity contribution in [2.24, 2.45) is 5.41 Å². The lowest BCUT2D eigenvalue weighted by atomic mass is 9.75. The predicted molar refractivity (Wildman–Crippen MR) is 83.7 cm³/mol. The van der Waals surface area contributed by atoms with Crippen LogP contribution < -0.4 is 10.6 Å². The standard InChI is InChI=1S/C17H32N2O/c1-14(16(20)19-15-9-5-3-6-10-15)18-13-17(2)11-7-4-8-12-17/h14-15,18H,3-13H2,1-2H3,(H,19,20). The molecule has 2 N–H and O–H groups in total. The van der Waals surface area contributed by atoms with Gasteiger partial charge >= 0.3 is 0 Å². The van der Waals surface area contributed by atoms with Crippen LogP contribution in [0.5, 0.6) is 0 Å². The average molecular weight is 280 g/mol. The molecule has 1 unspecified atom stereocenters. The first-order valence-corrected chi connectivity index (χ1v) is 8.63. The number of amides is 1. The van der Waals surface area contributed by atoms with E-state index in [0.717, 1.165) is 19.4 Å². The largest absolute Gasteiger partial charge is 0.352 e. The Labute approximate surface area is 124 Å². The Bertz CT molecular complexity index is 304. The third-order valence-corrected chi connectivity index (χ3v) is 5.24. The van der Waals surface area contributed by atoms with E-state index in [9.17, 15) is 4.79 Å². The predicted octanol–water partition coefficient (Wildman–Crippen LogP) is 3.38. The minimum absolute atomic E-state index is 0.0596. The zero-order valence-electron chi connectivity index (χ0n) is 13.3. The zero-order chi connectivity index (χ0) is 14.4. The van der Waals surface area contributed by atoms with Crippen molar-refractivity contribution in [3.63, 3.8) is 0 Å². The van der Waals surface area contributed by atoms with Gasteiger partial charge in [0.2, 0.25) is 5.91 Å². The van der Waals surface area contributed by atoms with Crippen LogP contribution in [0, 0.1) is 5.41 Å². The van der Waals surface area contributed by atoms with Crippen LogP contribution in [0.4, 0.5) is 0 Å². The zero-order valence-corrected chi connectivity index (χ0v) is 13.3. The fourth-order valence-electron chi connectivity index (χ4n) is 3.65. The van der Waals surface area contributed by atoms with Crippen LogP contribution in [-0.4, -0.2) is 24.5 Å². The van der Waals surface area contributed by atoms with Crippen molar-refractivity contribution in [3.05, 3.63) is 0 Å². The summed E-state index contributed by atoms with van der Waals surface area (Å²) < 4.78 is 0. The minimum Gasteiger partial charge on any atom is -0.352 e. The second-order valence-electron chi connectivity index (χ2n) is 7.32. The molecule has 0 spiro atoms. The van der Waals surface area contributed by atoms with Crippen LogP contribution in [0.3, 0.4) is 0 Å². The summed E-state index contributed by atoms with van der Waals surface area (Å²) in [4.78, 5) is 12.2. The van der Waals surface area contributed by atoms with E-state index in [0.29, 0.717) is 11.5 Å². The number of hydrogen-bond donors (Lipinski definition) is 2. The summed E-state index contributed by atoms with van der Waals surface area (Å²) in [5.41, 5.74) is 0.400. The molecule has 0 bridgehead atoms. The van der Waals surface area contributed by atoms with E-state index in [1.165, 1.54) is 51.4 Å². The summed E-state index contributed by atoms with van der Waals surface area (Å²) in [5, 5.41) is 6.69. The molecule has 116 valence electrons. The highest BCUT2D eigenvalue weighted by Crippen LogP contribution is 2.34. The molecule has 0 aromatic heterocycles. The monoisotopic (exact) mass is 280 g/mol. The molecule has 3 nitrogen and oxygen atoms in total. The Kier molecular flexibility index (Phi) is 5.88. The number of carbonyl (C=O) groups excluding carboxylic acids is 1. The first-order valence-electron chi connectivity index (χ1n) is 8.63. The van der Waals surface area contributed by atoms with Crippen LogP contribution in [0.15, 0.2) is 0 Å². The molecule has 0 heterocycles. The lowest BCUT2D eigenvalue weighted by molar-refractivity contribution is -0.123. The van der Waals surface area contributed by atoms with Gasteiger partial charge in [-0.15, -0.1) is 0 Å². The summed E-state index contributed by atoms with van der Waals surface area (Å²) in [6.07, 6.45) is 12.9. The Morgan fingerprint density at radius 1 is 1.10 bits per heavy atom. The second-order valence-corrected chi connectivity index (χ2v) is 7.32. The van der Waals surface area contributed by atoms with E-state index >= 15 is 0 Å². The topological polar surface area (TPSA) is 41.1 Å². The van der Waals surface area contributed by atoms with Gasteiger partial charge in [-0.2, -0.15) is 0 Å². The summed E-state index contributed by atoms with van der Waals surface area (Å²) in [7, 11) is 0. The summed E-state index contributed by atoms with van der Waals surface area (Å²) in [6, 6.07) is 0.362. The highest BCUT2D eigenvalue weighted by atomic mass is 16.2. The van der Waals surface area contributed by atoms with Gasteiger partial charge in [0, 0.05) is 12.6 Å². The molecule has 3 heteroatoms. The van der Waals surface area contributed by atoms with E-state index in [4.69, 9.17) is 0 Å². The number of nitrogens with one attached hydrogen (secondary N) is 2. The maximum Gasteiger partial charge on any atom is 0.237 e. The molecule has 2 saturated carbocycles. The molecule has 1 atom stereocenters. The van der Waals surface area contributed by atoms with Gasteiger partial charge in [-0.25, -0.2) is 0 Å². The van der Waals surface area contributed by atoms with Gasteiger partial charge < -0.3 is 10.6 Å². The molecule has 0 aromatic rings. The maximum atomic E-state index is 12.2. The molecule has 0 aliphatic heterocycles. The summed E-state index contributed by atoms with van der Waals surface area (Å²) in [5.74, 6) is 0.191. The SMILES string of the molecule is CC(NCC1(C)CCCCC1)C(=O)NC1CCCCC1. The smallest absolute Gasteiger partial charge is 0.237 e. The van der Waals surface area contributed by atoms with Crippen LogP contribution in [0.1, 0.15) is 78.1 Å². The summed E-state index contributed by atoms with van der Waals surface area (Å²) in [6.45, 7) is 5.35. The van der Waals surface area contributed by atoms with Crippen molar-refractivity contribution < 1.29 is 4.79 Å². The highest BCUT2D eigenvalue weighted by Gasteiger charge is 2.28. The highest BCUT2D eigenvalue weighted by molar-refractivity contribution is 5.81. The molecule has 0 radical (unpaired) electrons. The van der Waals surface area contributed by atoms with Gasteiger partial charge in [0.05, 0.1) is 6.04 Å². The molecule has 1 amide bonds. The van der Waals surface area contributed by atoms with Gasteiger partial charge in [-0.1, -0.05) is 45.4 Å². The maximum absolute atomic E-state index is 12.2. The van der Waals surface area contributed by atoms with Crippen molar-refractivity contribution in [2.45, 2.75) is 90.1 Å². The van der Waals surface area contributed by atoms with E-state index in [1.807, 2.05) is 6.92 Å². The fourth-order valence-corrected chi connectivity index (χ4v) is 3.65. The second kappa shape index (κ2) is 7.44. The van der Waals surface area contributed by atoms with Crippen molar-refractivity contribution in [2.75, 3.05) is 6.54 Å². The number of hydrogen-bond acceptors (Lipinski definition) is 2. The van der Waals surface area contributed by atoms with Gasteiger partial charge in [0.15, 0.2) is 0 Å². The van der Waals surface area contributed by atoms with Gasteiger partial charge in [0.1, 0.15) is 0 Å². The Morgan fingerprint density at radius 2 is 1.70 bits per heavy atom. The molecule has 0 aromatic carbocycles. The molecular formula is C17H32N2O. The van der Waals surface area contributed by atoms with E-state index in [1.54, 1.807) is 0 Å². The Balaban J connectivity index is 1.70. The van der Waals surface area contributed by atoms with E-state index < -0.39 is 0 Å². The Hall–Kier alpha value is -0.570. The van der Waals surface area contributed by atoms with E-state index in [-0.39, 0.29) is 11.9 Å². The molecule has 2 rings (SSSR count). The quantitative estimate of drug-likeness (QED) is 0.810. The van der Waals surface area contributed by atoms with Crippen molar-refractivity contribution in [1.29, 1.82) is 0 Å². The van der Waals surface area contributed by atoms with E-state index in [2.05, 4.69) is 17.6 Å². The Morgan fingerprint density at radius 3 is 2.35 bits per heavy atom. The van der Waals surface area contributed by atoms with Crippen LogP contribution >= 0.6 is 0 Å². The molecule has 20 heavy (non-hydrogen) atoms. The molecule has 2 aliphatic rings. The van der Waals surface area contributed by atoms with Crippen LogP contribution in [-0.2, 0) is 4.79 Å². The first kappa shape index (κ1) is 15.8. The van der Waals surface area contributed by atoms with Crippen molar-refractivity contribution in [1.82, 2.24) is 10.6 Å². The lowest BCUT2D eigenvalue weighted by Crippen LogP contribution is -2.49. The molecule has 0 saturated heterocycles. The third-order valence-electron chi connectivity index (χ3n) is 5.24. The van der Waals surface area contributed by atoms with Crippen LogP contribution in [0.25, 0.3) is 0 Å². The van der Waals surface area contributed by atoms with Crippen molar-refractivity contribution in [3.8, 4) is 0 Å². The number of rotatable bonds is 5. The molecular weight excluding hydrogens is 248 g/mol. The van der Waals surface area contributed by atoms with Gasteiger partial charge in [0.25, 0.3) is 0 Å². The van der Waals surface area contributed by atoms with Crippen molar-refractivity contribution >= 4 is 5.91 Å². The molecule has 2 fully saturated rings. The van der Waals surface area contributed by atoms with Crippen LogP contribution in [0.2, 0.25) is 0 Å². The fraction of sp³-hybridized carbons (Fsp3) is 0.941. The van der Waals surface area contributed by atoms with Gasteiger partial charge in [-0.3, -0.25) is 4.79 Å². The normalized spacial score (nSPS) is 25.1. The third kappa shape index (κ3) is 4.76. The van der Waals surface area contributed by atoms with Gasteiger partial charge in [-0.05, 0) is 38.0 Å². The first-order chi connectivity index (χ1) is 9.59. The lowest BCUT2D eigenvalue weighted by Gasteiger charge is -2.35. The average Bonchev–Trinajstić information content (AvgIpc) is 2.46.